The van der Waals surface area contributed by atoms with Gasteiger partial charge in [-0.1, -0.05) is 6.07 Å². The molecule has 0 atom stereocenters. The number of aryl methyl sites for hydroxylation is 1. The fourth-order valence-electron chi connectivity index (χ4n) is 1.42. The van der Waals surface area contributed by atoms with Crippen LogP contribution in [0.1, 0.15) is 26.3 Å². The minimum atomic E-state index is -0.311. The summed E-state index contributed by atoms with van der Waals surface area (Å²) in [5.41, 5.74) is 1.31. The zero-order valence-electron chi connectivity index (χ0n) is 10.7. The predicted molar refractivity (Wildman–Crippen MR) is 67.5 cm³/mol. The highest BCUT2D eigenvalue weighted by atomic mass is 19.1. The molecule has 94 valence electrons. The van der Waals surface area contributed by atoms with Crippen molar-refractivity contribution >= 4 is 11.6 Å². The van der Waals surface area contributed by atoms with Crippen LogP contribution in [0.25, 0.3) is 0 Å². The van der Waals surface area contributed by atoms with Gasteiger partial charge in [0.05, 0.1) is 6.54 Å². The van der Waals surface area contributed by atoms with Crippen LogP contribution in [0.2, 0.25) is 0 Å². The Morgan fingerprint density at radius 2 is 2.00 bits per heavy atom. The first kappa shape index (κ1) is 13.5. The SMILES string of the molecule is Cc1ccc(F)cc1NCC(=O)NC(C)(C)C. The van der Waals surface area contributed by atoms with Gasteiger partial charge >= 0.3 is 0 Å². The Morgan fingerprint density at radius 3 is 2.59 bits per heavy atom. The summed E-state index contributed by atoms with van der Waals surface area (Å²) in [7, 11) is 0. The molecule has 0 saturated heterocycles. The van der Waals surface area contributed by atoms with Crippen molar-refractivity contribution in [2.75, 3.05) is 11.9 Å². The molecule has 0 fully saturated rings. The highest BCUT2D eigenvalue weighted by Gasteiger charge is 2.13. The van der Waals surface area contributed by atoms with Crippen molar-refractivity contribution in [2.24, 2.45) is 0 Å². The van der Waals surface area contributed by atoms with Gasteiger partial charge in [0, 0.05) is 11.2 Å². The van der Waals surface area contributed by atoms with E-state index in [9.17, 15) is 9.18 Å². The van der Waals surface area contributed by atoms with Crippen LogP contribution in [0.15, 0.2) is 18.2 Å². The summed E-state index contributed by atoms with van der Waals surface area (Å²) in [5, 5.41) is 5.75. The fraction of sp³-hybridized carbons (Fsp3) is 0.462. The zero-order chi connectivity index (χ0) is 13.1. The molecule has 1 aromatic carbocycles. The van der Waals surface area contributed by atoms with Gasteiger partial charge in [-0.2, -0.15) is 0 Å². The van der Waals surface area contributed by atoms with Gasteiger partial charge in [-0.15, -0.1) is 0 Å². The van der Waals surface area contributed by atoms with Crippen LogP contribution in [-0.4, -0.2) is 18.0 Å². The average Bonchev–Trinajstić information content (AvgIpc) is 2.17. The average molecular weight is 238 g/mol. The van der Waals surface area contributed by atoms with E-state index in [-0.39, 0.29) is 23.8 Å². The van der Waals surface area contributed by atoms with Crippen LogP contribution in [0, 0.1) is 12.7 Å². The number of hydrogen-bond acceptors (Lipinski definition) is 2. The zero-order valence-corrected chi connectivity index (χ0v) is 10.7. The van der Waals surface area contributed by atoms with E-state index in [1.54, 1.807) is 6.07 Å². The molecular weight excluding hydrogens is 219 g/mol. The van der Waals surface area contributed by atoms with Gasteiger partial charge in [-0.25, -0.2) is 4.39 Å². The van der Waals surface area contributed by atoms with Gasteiger partial charge in [-0.3, -0.25) is 4.79 Å². The second-order valence-electron chi connectivity index (χ2n) is 5.11. The summed E-state index contributed by atoms with van der Waals surface area (Å²) >= 11 is 0. The van der Waals surface area contributed by atoms with Crippen molar-refractivity contribution in [1.82, 2.24) is 5.32 Å². The molecule has 4 heteroatoms. The molecule has 1 aromatic rings. The quantitative estimate of drug-likeness (QED) is 0.849. The number of nitrogens with one attached hydrogen (secondary N) is 2. The molecule has 0 unspecified atom stereocenters. The maximum absolute atomic E-state index is 13.0. The third-order valence-corrected chi connectivity index (χ3v) is 2.15. The van der Waals surface area contributed by atoms with E-state index >= 15 is 0 Å². The number of hydrogen-bond donors (Lipinski definition) is 2. The summed E-state index contributed by atoms with van der Waals surface area (Å²) in [5.74, 6) is -0.421. The van der Waals surface area contributed by atoms with E-state index < -0.39 is 0 Å². The van der Waals surface area contributed by atoms with Crippen molar-refractivity contribution in [2.45, 2.75) is 33.2 Å². The van der Waals surface area contributed by atoms with Crippen LogP contribution >= 0.6 is 0 Å². The highest BCUT2D eigenvalue weighted by Crippen LogP contribution is 2.15. The topological polar surface area (TPSA) is 41.1 Å². The van der Waals surface area contributed by atoms with Gasteiger partial charge in [-0.05, 0) is 45.4 Å². The van der Waals surface area contributed by atoms with Gasteiger partial charge in [0.15, 0.2) is 0 Å². The number of amides is 1. The van der Waals surface area contributed by atoms with Crippen LogP contribution in [0.5, 0.6) is 0 Å². The molecule has 3 nitrogen and oxygen atoms in total. The van der Waals surface area contributed by atoms with Gasteiger partial charge in [0.2, 0.25) is 5.91 Å². The lowest BCUT2D eigenvalue weighted by molar-refractivity contribution is -0.120. The molecule has 0 heterocycles. The maximum Gasteiger partial charge on any atom is 0.239 e. The molecule has 1 amide bonds. The van der Waals surface area contributed by atoms with E-state index in [1.165, 1.54) is 12.1 Å². The molecule has 0 aliphatic carbocycles. The molecule has 0 radical (unpaired) electrons. The Kier molecular flexibility index (Phi) is 4.10. The minimum Gasteiger partial charge on any atom is -0.376 e. The summed E-state index contributed by atoms with van der Waals surface area (Å²) in [6.45, 7) is 7.75. The summed E-state index contributed by atoms with van der Waals surface area (Å²) in [6, 6.07) is 4.47. The van der Waals surface area contributed by atoms with Crippen molar-refractivity contribution in [3.05, 3.63) is 29.6 Å². The van der Waals surface area contributed by atoms with Crippen LogP contribution < -0.4 is 10.6 Å². The Hall–Kier alpha value is -1.58. The highest BCUT2D eigenvalue weighted by molar-refractivity contribution is 5.81. The Balaban J connectivity index is 2.56. The van der Waals surface area contributed by atoms with Crippen LogP contribution in [0.3, 0.4) is 0 Å². The molecule has 2 N–H and O–H groups in total. The van der Waals surface area contributed by atoms with Gasteiger partial charge < -0.3 is 10.6 Å². The minimum absolute atomic E-state index is 0.110. The Bertz CT molecular complexity index is 410. The van der Waals surface area contributed by atoms with E-state index in [0.717, 1.165) is 5.56 Å². The molecule has 0 aliphatic heterocycles. The van der Waals surface area contributed by atoms with E-state index in [0.29, 0.717) is 5.69 Å². The molecule has 0 bridgehead atoms. The Morgan fingerprint density at radius 1 is 1.35 bits per heavy atom. The number of rotatable bonds is 3. The fourth-order valence-corrected chi connectivity index (χ4v) is 1.42. The Labute approximate surface area is 101 Å². The molecule has 17 heavy (non-hydrogen) atoms. The van der Waals surface area contributed by atoms with Gasteiger partial charge in [0.25, 0.3) is 0 Å². The normalized spacial score (nSPS) is 11.1. The lowest BCUT2D eigenvalue weighted by atomic mass is 10.1. The second kappa shape index (κ2) is 5.17. The van der Waals surface area contributed by atoms with E-state index in [1.807, 2.05) is 27.7 Å². The van der Waals surface area contributed by atoms with Crippen molar-refractivity contribution in [3.63, 3.8) is 0 Å². The van der Waals surface area contributed by atoms with Crippen molar-refractivity contribution < 1.29 is 9.18 Å². The van der Waals surface area contributed by atoms with E-state index in [4.69, 9.17) is 0 Å². The lowest BCUT2D eigenvalue weighted by Crippen LogP contribution is -2.43. The number of carbonyl (C=O) groups is 1. The molecular formula is C13H19FN2O. The van der Waals surface area contributed by atoms with Crippen LogP contribution in [0.4, 0.5) is 10.1 Å². The third kappa shape index (κ3) is 4.85. The second-order valence-corrected chi connectivity index (χ2v) is 5.11. The number of halogens is 1. The number of benzene rings is 1. The molecule has 1 rings (SSSR count). The van der Waals surface area contributed by atoms with Crippen molar-refractivity contribution in [1.29, 1.82) is 0 Å². The summed E-state index contributed by atoms with van der Waals surface area (Å²) in [6.07, 6.45) is 0. The van der Waals surface area contributed by atoms with Crippen molar-refractivity contribution in [3.8, 4) is 0 Å². The number of carbonyl (C=O) groups excluding carboxylic acids is 1. The first-order valence-electron chi connectivity index (χ1n) is 5.59. The smallest absolute Gasteiger partial charge is 0.239 e. The molecule has 0 aliphatic rings. The summed E-state index contributed by atoms with van der Waals surface area (Å²) in [4.78, 5) is 11.6. The van der Waals surface area contributed by atoms with Gasteiger partial charge in [0.1, 0.15) is 5.82 Å². The molecule has 0 aromatic heterocycles. The number of anilines is 1. The lowest BCUT2D eigenvalue weighted by Gasteiger charge is -2.21. The standard InChI is InChI=1S/C13H19FN2O/c1-9-5-6-10(14)7-11(9)15-8-12(17)16-13(2,3)4/h5-7,15H,8H2,1-4H3,(H,16,17). The molecule has 0 spiro atoms. The first-order valence-corrected chi connectivity index (χ1v) is 5.59. The van der Waals surface area contributed by atoms with Crippen LogP contribution in [-0.2, 0) is 4.79 Å². The molecule has 0 saturated carbocycles. The third-order valence-electron chi connectivity index (χ3n) is 2.15. The maximum atomic E-state index is 13.0. The summed E-state index contributed by atoms with van der Waals surface area (Å²) < 4.78 is 13.0. The predicted octanol–water partition coefficient (Wildman–Crippen LogP) is 2.46. The first-order chi connectivity index (χ1) is 7.78. The van der Waals surface area contributed by atoms with E-state index in [2.05, 4.69) is 10.6 Å². The largest absolute Gasteiger partial charge is 0.376 e. The monoisotopic (exact) mass is 238 g/mol.